The van der Waals surface area contributed by atoms with Crippen molar-refractivity contribution >= 4 is 28.4 Å². The smallest absolute Gasteiger partial charge is 0.153 e. The second kappa shape index (κ2) is 11.0. The molecule has 20 heavy (non-hydrogen) atoms. The molecule has 2 nitrogen and oxygen atoms in total. The van der Waals surface area contributed by atoms with Crippen molar-refractivity contribution in [2.75, 3.05) is 0 Å². The molecule has 0 aliphatic heterocycles. The molecular weight excluding hydrogens is 291 g/mol. The van der Waals surface area contributed by atoms with Crippen molar-refractivity contribution in [3.05, 3.63) is 34.7 Å². The number of allylic oxidation sites excluding steroid dienone is 3. The zero-order valence-corrected chi connectivity index (χ0v) is 14.3. The van der Waals surface area contributed by atoms with Crippen LogP contribution < -0.4 is 5.73 Å². The number of hydrogen-bond acceptors (Lipinski definition) is 2. The van der Waals surface area contributed by atoms with Crippen LogP contribution in [0.4, 0.5) is 0 Å². The summed E-state index contributed by atoms with van der Waals surface area (Å²) >= 11 is 11.8. The van der Waals surface area contributed by atoms with Crippen LogP contribution in [0.5, 0.6) is 0 Å². The molecule has 0 aliphatic rings. The van der Waals surface area contributed by atoms with E-state index in [4.69, 9.17) is 28.9 Å². The number of rotatable bonds is 9. The summed E-state index contributed by atoms with van der Waals surface area (Å²) in [5.74, 6) is 0. The van der Waals surface area contributed by atoms with Crippen molar-refractivity contribution in [1.82, 2.24) is 0 Å². The molecule has 0 heterocycles. The minimum Gasteiger partial charge on any atom is -0.396 e. The third kappa shape index (κ3) is 9.22. The highest BCUT2D eigenvalue weighted by Crippen LogP contribution is 2.22. The van der Waals surface area contributed by atoms with Crippen LogP contribution >= 0.6 is 23.2 Å². The van der Waals surface area contributed by atoms with Gasteiger partial charge in [0.15, 0.2) is 5.16 Å². The van der Waals surface area contributed by atoms with Gasteiger partial charge in [0.2, 0.25) is 0 Å². The molecule has 2 N–H and O–H groups in total. The molecule has 4 heteroatoms. The first kappa shape index (κ1) is 19.3. The Labute approximate surface area is 133 Å². The van der Waals surface area contributed by atoms with Gasteiger partial charge in [-0.1, -0.05) is 48.2 Å². The summed E-state index contributed by atoms with van der Waals surface area (Å²) in [6.45, 7) is 9.78. The molecule has 0 atom stereocenters. The van der Waals surface area contributed by atoms with Gasteiger partial charge in [0.25, 0.3) is 0 Å². The molecule has 0 rings (SSSR count). The van der Waals surface area contributed by atoms with Gasteiger partial charge in [-0.05, 0) is 51.5 Å². The Kier molecular flexibility index (Phi) is 10.6. The van der Waals surface area contributed by atoms with E-state index in [1.54, 1.807) is 6.92 Å². The summed E-state index contributed by atoms with van der Waals surface area (Å²) < 4.78 is 0. The highest BCUT2D eigenvalue weighted by atomic mass is 35.5. The van der Waals surface area contributed by atoms with E-state index in [-0.39, 0.29) is 5.16 Å². The van der Waals surface area contributed by atoms with Crippen LogP contribution in [0, 0.1) is 0 Å². The fraction of sp³-hybridized carbons (Fsp3) is 0.562. The Morgan fingerprint density at radius 3 is 2.30 bits per heavy atom. The molecule has 0 aromatic carbocycles. The van der Waals surface area contributed by atoms with Crippen LogP contribution in [0.25, 0.3) is 0 Å². The summed E-state index contributed by atoms with van der Waals surface area (Å²) in [5, 5.41) is 0.662. The van der Waals surface area contributed by atoms with Gasteiger partial charge >= 0.3 is 0 Å². The highest BCUT2D eigenvalue weighted by Gasteiger charge is 2.07. The van der Waals surface area contributed by atoms with Gasteiger partial charge in [0.05, 0.1) is 5.70 Å². The maximum atomic E-state index is 6.09. The first-order valence-electron chi connectivity index (χ1n) is 7.08. The molecule has 0 unspecified atom stereocenters. The quantitative estimate of drug-likeness (QED) is 0.186. The third-order valence-electron chi connectivity index (χ3n) is 2.80. The van der Waals surface area contributed by atoms with E-state index in [9.17, 15) is 0 Å². The number of nitrogens with two attached hydrogens (primary N) is 1. The molecule has 0 aromatic rings. The Morgan fingerprint density at radius 2 is 1.80 bits per heavy atom. The number of halogens is 2. The SMILES string of the molecule is C=C(C)CCCCC(=C\CCC)/C(N)=C(Cl)\N=C(/C)Cl. The Hall–Kier alpha value is -0.730. The largest absolute Gasteiger partial charge is 0.396 e. The lowest BCUT2D eigenvalue weighted by molar-refractivity contribution is 0.724. The summed E-state index contributed by atoms with van der Waals surface area (Å²) in [6.07, 6.45) is 8.36. The van der Waals surface area contributed by atoms with Crippen molar-refractivity contribution in [2.45, 2.75) is 59.3 Å². The van der Waals surface area contributed by atoms with Gasteiger partial charge in [-0.15, -0.1) is 6.58 Å². The Bertz CT molecular complexity index is 403. The van der Waals surface area contributed by atoms with E-state index in [1.807, 2.05) is 0 Å². The zero-order chi connectivity index (χ0) is 15.5. The zero-order valence-electron chi connectivity index (χ0n) is 12.8. The molecule has 0 spiro atoms. The second-order valence-corrected chi connectivity index (χ2v) is 5.90. The Morgan fingerprint density at radius 1 is 1.20 bits per heavy atom. The second-order valence-electron chi connectivity index (χ2n) is 5.00. The maximum Gasteiger partial charge on any atom is 0.153 e. The van der Waals surface area contributed by atoms with Crippen LogP contribution in [0.2, 0.25) is 0 Å². The molecule has 0 aromatic heterocycles. The van der Waals surface area contributed by atoms with Crippen molar-refractivity contribution in [3.8, 4) is 0 Å². The maximum absolute atomic E-state index is 6.09. The van der Waals surface area contributed by atoms with E-state index in [0.29, 0.717) is 10.9 Å². The van der Waals surface area contributed by atoms with Gasteiger partial charge in [0.1, 0.15) is 5.17 Å². The monoisotopic (exact) mass is 316 g/mol. The van der Waals surface area contributed by atoms with E-state index in [0.717, 1.165) is 44.1 Å². The predicted octanol–water partition coefficient (Wildman–Crippen LogP) is 5.87. The number of hydrogen-bond donors (Lipinski definition) is 1. The van der Waals surface area contributed by atoms with Gasteiger partial charge in [0, 0.05) is 0 Å². The number of aliphatic imine (C=N–C) groups is 1. The lowest BCUT2D eigenvalue weighted by Gasteiger charge is -2.09. The van der Waals surface area contributed by atoms with Gasteiger partial charge in [-0.2, -0.15) is 0 Å². The van der Waals surface area contributed by atoms with Gasteiger partial charge in [-0.25, -0.2) is 4.99 Å². The average Bonchev–Trinajstić information content (AvgIpc) is 2.36. The Balaban J connectivity index is 4.80. The van der Waals surface area contributed by atoms with E-state index < -0.39 is 0 Å². The van der Waals surface area contributed by atoms with Crippen molar-refractivity contribution in [3.63, 3.8) is 0 Å². The van der Waals surface area contributed by atoms with Crippen LogP contribution in [-0.2, 0) is 0 Å². The molecule has 0 amide bonds. The summed E-state index contributed by atoms with van der Waals surface area (Å²) in [6, 6.07) is 0. The van der Waals surface area contributed by atoms with Crippen LogP contribution in [0.15, 0.2) is 39.6 Å². The van der Waals surface area contributed by atoms with Crippen molar-refractivity contribution in [2.24, 2.45) is 10.7 Å². The van der Waals surface area contributed by atoms with E-state index in [2.05, 4.69) is 31.5 Å². The fourth-order valence-electron chi connectivity index (χ4n) is 1.74. The highest BCUT2D eigenvalue weighted by molar-refractivity contribution is 6.65. The molecule has 0 fully saturated rings. The first-order chi connectivity index (χ1) is 9.38. The van der Waals surface area contributed by atoms with Crippen LogP contribution in [-0.4, -0.2) is 5.17 Å². The number of unbranched alkanes of at least 4 members (excludes halogenated alkanes) is 2. The minimum absolute atomic E-state index is 0.278. The molecule has 0 saturated carbocycles. The molecule has 0 saturated heterocycles. The average molecular weight is 317 g/mol. The lowest BCUT2D eigenvalue weighted by atomic mass is 10.0. The fourth-order valence-corrected chi connectivity index (χ4v) is 2.11. The third-order valence-corrected chi connectivity index (χ3v) is 3.17. The summed E-state index contributed by atoms with van der Waals surface area (Å²) in [4.78, 5) is 4.01. The van der Waals surface area contributed by atoms with Gasteiger partial charge < -0.3 is 5.73 Å². The molecule has 0 bridgehead atoms. The minimum atomic E-state index is 0.278. The van der Waals surface area contributed by atoms with Gasteiger partial charge in [-0.3, -0.25) is 0 Å². The van der Waals surface area contributed by atoms with E-state index in [1.165, 1.54) is 5.57 Å². The van der Waals surface area contributed by atoms with Crippen LogP contribution in [0.3, 0.4) is 0 Å². The lowest BCUT2D eigenvalue weighted by Crippen LogP contribution is -2.04. The van der Waals surface area contributed by atoms with Crippen LogP contribution in [0.1, 0.15) is 59.3 Å². The van der Waals surface area contributed by atoms with E-state index >= 15 is 0 Å². The van der Waals surface area contributed by atoms with Crippen molar-refractivity contribution < 1.29 is 0 Å². The normalized spacial score (nSPS) is 14.2. The summed E-state index contributed by atoms with van der Waals surface area (Å²) in [5.41, 5.74) is 8.91. The molecule has 0 radical (unpaired) electrons. The molecule has 0 aliphatic carbocycles. The predicted molar refractivity (Wildman–Crippen MR) is 92.3 cm³/mol. The number of nitrogens with zero attached hydrogens (tertiary/aromatic N) is 1. The molecule has 114 valence electrons. The standard InChI is InChI=1S/C16H26Cl2N2/c1-5-6-10-14(11-8-7-9-12(2)3)15(19)16(18)20-13(4)17/h10H,2,5-9,11,19H2,1,3-4H3/b14-10+,16-15+,20-13+. The van der Waals surface area contributed by atoms with Crippen molar-refractivity contribution in [1.29, 1.82) is 0 Å². The first-order valence-corrected chi connectivity index (χ1v) is 7.83. The topological polar surface area (TPSA) is 38.4 Å². The summed E-state index contributed by atoms with van der Waals surface area (Å²) in [7, 11) is 0. The molecular formula is C16H26Cl2N2.